The zero-order chi connectivity index (χ0) is 13.4. The van der Waals surface area contributed by atoms with Crippen molar-refractivity contribution >= 4 is 23.4 Å². The summed E-state index contributed by atoms with van der Waals surface area (Å²) in [6, 6.07) is 6.09. The lowest BCUT2D eigenvalue weighted by atomic mass is 10.2. The van der Waals surface area contributed by atoms with Gasteiger partial charge < -0.3 is 10.1 Å². The van der Waals surface area contributed by atoms with Gasteiger partial charge in [0.05, 0.1) is 11.6 Å². The average molecular weight is 288 g/mol. The van der Waals surface area contributed by atoms with Gasteiger partial charge in [-0.2, -0.15) is 0 Å². The van der Waals surface area contributed by atoms with Crippen LogP contribution in [0.15, 0.2) is 23.1 Å². The second-order valence-corrected chi connectivity index (χ2v) is 6.11. The summed E-state index contributed by atoms with van der Waals surface area (Å²) in [5, 5.41) is 4.29. The van der Waals surface area contributed by atoms with E-state index in [0.29, 0.717) is 5.92 Å². The summed E-state index contributed by atoms with van der Waals surface area (Å²) in [6.07, 6.45) is 0. The minimum Gasteiger partial charge on any atom is -0.384 e. The number of hydrogen-bond acceptors (Lipinski definition) is 3. The van der Waals surface area contributed by atoms with Crippen molar-refractivity contribution in [2.24, 2.45) is 5.92 Å². The quantitative estimate of drug-likeness (QED) is 0.580. The van der Waals surface area contributed by atoms with Crippen molar-refractivity contribution in [3.05, 3.63) is 28.8 Å². The Morgan fingerprint density at radius 1 is 1.39 bits per heavy atom. The van der Waals surface area contributed by atoms with Gasteiger partial charge in [0.2, 0.25) is 0 Å². The maximum absolute atomic E-state index is 6.26. The predicted octanol–water partition coefficient (Wildman–Crippen LogP) is 3.82. The van der Waals surface area contributed by atoms with Gasteiger partial charge >= 0.3 is 0 Å². The average Bonchev–Trinajstić information content (AvgIpc) is 2.32. The van der Waals surface area contributed by atoms with Gasteiger partial charge in [-0.05, 0) is 24.1 Å². The third kappa shape index (κ3) is 5.61. The van der Waals surface area contributed by atoms with Gasteiger partial charge in [0.15, 0.2) is 0 Å². The molecule has 0 bridgehead atoms. The summed E-state index contributed by atoms with van der Waals surface area (Å²) in [5.41, 5.74) is 1.27. The molecule has 0 aromatic heterocycles. The predicted molar refractivity (Wildman–Crippen MR) is 80.6 cm³/mol. The molecule has 0 aliphatic heterocycles. The maximum Gasteiger partial charge on any atom is 0.0556 e. The molecule has 0 aliphatic carbocycles. The highest BCUT2D eigenvalue weighted by atomic mass is 35.5. The standard InChI is InChI=1S/C14H22ClNOS/c1-11(2)9-16-10-12-5-4-6-13(15)14(12)18-8-7-17-3/h4-6,11,16H,7-10H2,1-3H3. The van der Waals surface area contributed by atoms with Crippen molar-refractivity contribution in [1.29, 1.82) is 0 Å². The number of nitrogens with one attached hydrogen (secondary N) is 1. The monoisotopic (exact) mass is 287 g/mol. The zero-order valence-corrected chi connectivity index (χ0v) is 12.9. The zero-order valence-electron chi connectivity index (χ0n) is 11.3. The fraction of sp³-hybridized carbons (Fsp3) is 0.571. The van der Waals surface area contributed by atoms with Crippen molar-refractivity contribution in [3.63, 3.8) is 0 Å². The Morgan fingerprint density at radius 3 is 2.83 bits per heavy atom. The van der Waals surface area contributed by atoms with Crippen LogP contribution in [-0.4, -0.2) is 26.0 Å². The molecule has 1 N–H and O–H groups in total. The SMILES string of the molecule is COCCSc1c(Cl)cccc1CNCC(C)C. The van der Waals surface area contributed by atoms with E-state index in [9.17, 15) is 0 Å². The Morgan fingerprint density at radius 2 is 2.17 bits per heavy atom. The molecule has 0 radical (unpaired) electrons. The molecule has 0 atom stereocenters. The summed E-state index contributed by atoms with van der Waals surface area (Å²) in [4.78, 5) is 1.17. The minimum atomic E-state index is 0.661. The molecule has 0 saturated heterocycles. The Bertz CT molecular complexity index is 358. The van der Waals surface area contributed by atoms with Crippen LogP contribution < -0.4 is 5.32 Å². The van der Waals surface area contributed by atoms with E-state index in [1.54, 1.807) is 18.9 Å². The normalized spacial score (nSPS) is 11.2. The molecule has 4 heteroatoms. The Hall–Kier alpha value is -0.220. The summed E-state index contributed by atoms with van der Waals surface area (Å²) < 4.78 is 5.08. The largest absolute Gasteiger partial charge is 0.384 e. The van der Waals surface area contributed by atoms with Gasteiger partial charge in [-0.3, -0.25) is 0 Å². The number of thioether (sulfide) groups is 1. The van der Waals surface area contributed by atoms with E-state index < -0.39 is 0 Å². The Labute approximate surface area is 119 Å². The van der Waals surface area contributed by atoms with Gasteiger partial charge in [0.1, 0.15) is 0 Å². The van der Waals surface area contributed by atoms with Gasteiger partial charge in [0, 0.05) is 24.3 Å². The number of rotatable bonds is 8. The molecule has 0 heterocycles. The van der Waals surface area contributed by atoms with E-state index in [4.69, 9.17) is 16.3 Å². The van der Waals surface area contributed by atoms with Crippen LogP contribution in [0.3, 0.4) is 0 Å². The molecule has 1 aromatic carbocycles. The van der Waals surface area contributed by atoms with Crippen molar-refractivity contribution in [2.75, 3.05) is 26.0 Å². The van der Waals surface area contributed by atoms with Crippen LogP contribution in [0.2, 0.25) is 5.02 Å². The van der Waals surface area contributed by atoms with Gasteiger partial charge in [0.25, 0.3) is 0 Å². The topological polar surface area (TPSA) is 21.3 Å². The van der Waals surface area contributed by atoms with Crippen molar-refractivity contribution < 1.29 is 4.74 Å². The molecular weight excluding hydrogens is 266 g/mol. The molecule has 0 spiro atoms. The second-order valence-electron chi connectivity index (χ2n) is 4.59. The van der Waals surface area contributed by atoms with Crippen LogP contribution in [-0.2, 0) is 11.3 Å². The highest BCUT2D eigenvalue weighted by Crippen LogP contribution is 2.30. The van der Waals surface area contributed by atoms with Crippen LogP contribution in [0.5, 0.6) is 0 Å². The molecule has 0 amide bonds. The highest BCUT2D eigenvalue weighted by Gasteiger charge is 2.07. The second kappa shape index (κ2) is 8.81. The fourth-order valence-corrected chi connectivity index (χ4v) is 2.92. The first-order valence-electron chi connectivity index (χ1n) is 6.25. The molecule has 18 heavy (non-hydrogen) atoms. The molecule has 0 saturated carbocycles. The molecular formula is C14H22ClNOS. The third-order valence-corrected chi connectivity index (χ3v) is 4.02. The lowest BCUT2D eigenvalue weighted by Gasteiger charge is -2.13. The first-order chi connectivity index (χ1) is 8.65. The molecule has 0 unspecified atom stereocenters. The van der Waals surface area contributed by atoms with E-state index in [2.05, 4.69) is 25.2 Å². The van der Waals surface area contributed by atoms with Gasteiger partial charge in [-0.15, -0.1) is 11.8 Å². The highest BCUT2D eigenvalue weighted by molar-refractivity contribution is 7.99. The molecule has 0 fully saturated rings. The maximum atomic E-state index is 6.26. The Balaban J connectivity index is 2.61. The minimum absolute atomic E-state index is 0.661. The van der Waals surface area contributed by atoms with E-state index in [1.165, 1.54) is 10.5 Å². The van der Waals surface area contributed by atoms with Gasteiger partial charge in [-0.25, -0.2) is 0 Å². The lowest BCUT2D eigenvalue weighted by molar-refractivity contribution is 0.218. The summed E-state index contributed by atoms with van der Waals surface area (Å²) in [7, 11) is 1.72. The molecule has 0 aliphatic rings. The summed E-state index contributed by atoms with van der Waals surface area (Å²) in [5.74, 6) is 1.59. The van der Waals surface area contributed by atoms with Crippen molar-refractivity contribution in [3.8, 4) is 0 Å². The van der Waals surface area contributed by atoms with Crippen LogP contribution in [0.1, 0.15) is 19.4 Å². The van der Waals surface area contributed by atoms with Crippen LogP contribution in [0.25, 0.3) is 0 Å². The number of ether oxygens (including phenoxy) is 1. The van der Waals surface area contributed by atoms with E-state index >= 15 is 0 Å². The first kappa shape index (κ1) is 15.8. The lowest BCUT2D eigenvalue weighted by Crippen LogP contribution is -2.19. The number of methoxy groups -OCH3 is 1. The first-order valence-corrected chi connectivity index (χ1v) is 7.61. The fourth-order valence-electron chi connectivity index (χ4n) is 1.58. The van der Waals surface area contributed by atoms with Crippen LogP contribution >= 0.6 is 23.4 Å². The number of benzene rings is 1. The van der Waals surface area contributed by atoms with E-state index in [0.717, 1.165) is 30.5 Å². The summed E-state index contributed by atoms with van der Waals surface area (Å²) >= 11 is 8.02. The smallest absolute Gasteiger partial charge is 0.0556 e. The molecule has 1 rings (SSSR count). The molecule has 2 nitrogen and oxygen atoms in total. The van der Waals surface area contributed by atoms with Crippen molar-refractivity contribution in [2.45, 2.75) is 25.3 Å². The third-order valence-electron chi connectivity index (χ3n) is 2.45. The number of hydrogen-bond donors (Lipinski definition) is 1. The van der Waals surface area contributed by atoms with Gasteiger partial charge in [-0.1, -0.05) is 37.6 Å². The molecule has 102 valence electrons. The Kier molecular flexibility index (Phi) is 7.75. The number of halogens is 1. The molecule has 1 aromatic rings. The van der Waals surface area contributed by atoms with Crippen LogP contribution in [0.4, 0.5) is 0 Å². The van der Waals surface area contributed by atoms with E-state index in [-0.39, 0.29) is 0 Å². The van der Waals surface area contributed by atoms with E-state index in [1.807, 2.05) is 12.1 Å². The van der Waals surface area contributed by atoms with Crippen LogP contribution in [0, 0.1) is 5.92 Å². The summed E-state index contributed by atoms with van der Waals surface area (Å²) in [6.45, 7) is 7.05. The van der Waals surface area contributed by atoms with Crippen molar-refractivity contribution in [1.82, 2.24) is 5.32 Å².